The molecule has 0 aliphatic carbocycles. The zero-order valence-corrected chi connectivity index (χ0v) is 11.7. The van der Waals surface area contributed by atoms with Gasteiger partial charge in [-0.25, -0.2) is 9.37 Å². The minimum atomic E-state index is -0.248. The molecule has 1 aromatic rings. The van der Waals surface area contributed by atoms with Gasteiger partial charge in [0.1, 0.15) is 0 Å². The summed E-state index contributed by atoms with van der Waals surface area (Å²) >= 11 is 5.76. The van der Waals surface area contributed by atoms with E-state index in [1.165, 1.54) is 25.8 Å². The van der Waals surface area contributed by atoms with Crippen LogP contribution in [0.3, 0.4) is 0 Å². The van der Waals surface area contributed by atoms with Crippen LogP contribution in [0.25, 0.3) is 0 Å². The number of piperazine rings is 1. The van der Waals surface area contributed by atoms with Crippen LogP contribution in [0.1, 0.15) is 24.8 Å². The number of fused-ring (bicyclic) bond motifs is 1. The zero-order valence-electron chi connectivity index (χ0n) is 11.0. The van der Waals surface area contributed by atoms with Crippen molar-refractivity contribution in [2.45, 2.75) is 31.2 Å². The highest BCUT2D eigenvalue weighted by Gasteiger charge is 2.30. The zero-order chi connectivity index (χ0) is 13.2. The minimum Gasteiger partial charge on any atom is -0.351 e. The fraction of sp³-hybridized carbons (Fsp3) is 0.643. The van der Waals surface area contributed by atoms with Gasteiger partial charge in [0.2, 0.25) is 0 Å². The molecule has 0 bridgehead atoms. The number of nitrogens with zero attached hydrogens (tertiary/aromatic N) is 3. The fourth-order valence-electron chi connectivity index (χ4n) is 3.14. The summed E-state index contributed by atoms with van der Waals surface area (Å²) in [5, 5.41) is 0. The minimum absolute atomic E-state index is 0.199. The Morgan fingerprint density at radius 3 is 3.05 bits per heavy atom. The molecule has 3 nitrogen and oxygen atoms in total. The second-order valence-corrected chi connectivity index (χ2v) is 5.64. The van der Waals surface area contributed by atoms with Crippen LogP contribution in [-0.4, -0.2) is 42.1 Å². The van der Waals surface area contributed by atoms with Gasteiger partial charge in [0.15, 0.2) is 11.6 Å². The molecule has 3 heterocycles. The molecule has 2 fully saturated rings. The van der Waals surface area contributed by atoms with Gasteiger partial charge in [0, 0.05) is 37.4 Å². The van der Waals surface area contributed by atoms with Crippen molar-refractivity contribution in [1.82, 2.24) is 9.88 Å². The van der Waals surface area contributed by atoms with E-state index in [0.29, 0.717) is 17.4 Å². The van der Waals surface area contributed by atoms with Crippen LogP contribution in [0.15, 0.2) is 12.3 Å². The standard InChI is InChI=1S/C14H19ClFN3/c15-9-11-4-5-17-14(13(11)16)19-8-7-18-6-2-1-3-12(18)10-19/h4-5,12H,1-3,6-10H2. The maximum Gasteiger partial charge on any atom is 0.170 e. The van der Waals surface area contributed by atoms with Crippen LogP contribution < -0.4 is 4.90 Å². The maximum absolute atomic E-state index is 14.3. The molecule has 1 unspecified atom stereocenters. The van der Waals surface area contributed by atoms with E-state index >= 15 is 0 Å². The van der Waals surface area contributed by atoms with Gasteiger partial charge in [-0.05, 0) is 25.5 Å². The van der Waals surface area contributed by atoms with Gasteiger partial charge in [-0.1, -0.05) is 6.42 Å². The topological polar surface area (TPSA) is 19.4 Å². The van der Waals surface area contributed by atoms with Gasteiger partial charge >= 0.3 is 0 Å². The first-order chi connectivity index (χ1) is 9.29. The third kappa shape index (κ3) is 2.56. The third-order valence-corrected chi connectivity index (χ3v) is 4.52. The van der Waals surface area contributed by atoms with E-state index < -0.39 is 0 Å². The van der Waals surface area contributed by atoms with Crippen LogP contribution >= 0.6 is 11.6 Å². The predicted molar refractivity (Wildman–Crippen MR) is 75.2 cm³/mol. The molecule has 0 spiro atoms. The van der Waals surface area contributed by atoms with Gasteiger partial charge in [0.05, 0.1) is 5.88 Å². The average Bonchev–Trinajstić information content (AvgIpc) is 2.47. The summed E-state index contributed by atoms with van der Waals surface area (Å²) in [6, 6.07) is 2.21. The monoisotopic (exact) mass is 283 g/mol. The molecule has 3 rings (SSSR count). The number of alkyl halides is 1. The Balaban J connectivity index is 1.79. The van der Waals surface area contributed by atoms with E-state index in [9.17, 15) is 4.39 Å². The highest BCUT2D eigenvalue weighted by molar-refractivity contribution is 6.17. The summed E-state index contributed by atoms with van der Waals surface area (Å²) in [7, 11) is 0. The lowest BCUT2D eigenvalue weighted by atomic mass is 9.99. The number of piperidine rings is 1. The van der Waals surface area contributed by atoms with Crippen molar-refractivity contribution in [2.75, 3.05) is 31.1 Å². The van der Waals surface area contributed by atoms with Crippen molar-refractivity contribution in [3.63, 3.8) is 0 Å². The Kier molecular flexibility index (Phi) is 3.89. The Hall–Kier alpha value is -0.870. The van der Waals surface area contributed by atoms with Gasteiger partial charge in [0.25, 0.3) is 0 Å². The van der Waals surface area contributed by atoms with Crippen molar-refractivity contribution >= 4 is 17.4 Å². The maximum atomic E-state index is 14.3. The summed E-state index contributed by atoms with van der Waals surface area (Å²) in [5.41, 5.74) is 0.540. The van der Waals surface area contributed by atoms with Crippen LogP contribution in [-0.2, 0) is 5.88 Å². The van der Waals surface area contributed by atoms with Crippen LogP contribution in [0.2, 0.25) is 0 Å². The molecule has 5 heteroatoms. The van der Waals surface area contributed by atoms with Crippen molar-refractivity contribution in [3.05, 3.63) is 23.6 Å². The second kappa shape index (κ2) is 5.63. The lowest BCUT2D eigenvalue weighted by Gasteiger charge is -2.44. The number of hydrogen-bond acceptors (Lipinski definition) is 3. The molecule has 0 aromatic carbocycles. The smallest absolute Gasteiger partial charge is 0.170 e. The molecule has 0 saturated carbocycles. The van der Waals surface area contributed by atoms with E-state index in [2.05, 4.69) is 14.8 Å². The number of aromatic nitrogens is 1. The van der Waals surface area contributed by atoms with E-state index in [1.54, 1.807) is 12.3 Å². The summed E-state index contributed by atoms with van der Waals surface area (Å²) in [5.74, 6) is 0.426. The molecule has 1 aromatic heterocycles. The molecule has 2 saturated heterocycles. The van der Waals surface area contributed by atoms with E-state index in [1.807, 2.05) is 0 Å². The molecule has 0 radical (unpaired) electrons. The molecule has 0 N–H and O–H groups in total. The largest absolute Gasteiger partial charge is 0.351 e. The first-order valence-corrected chi connectivity index (χ1v) is 7.51. The SMILES string of the molecule is Fc1c(CCl)ccnc1N1CCN2CCCCC2C1. The number of halogens is 2. The van der Waals surface area contributed by atoms with Crippen LogP contribution in [0, 0.1) is 5.82 Å². The Morgan fingerprint density at radius 2 is 2.21 bits per heavy atom. The van der Waals surface area contributed by atoms with E-state index in [0.717, 1.165) is 19.6 Å². The molecule has 2 aliphatic heterocycles. The first kappa shape index (κ1) is 13.1. The second-order valence-electron chi connectivity index (χ2n) is 5.37. The molecule has 19 heavy (non-hydrogen) atoms. The lowest BCUT2D eigenvalue weighted by Crippen LogP contribution is -2.55. The number of pyridine rings is 1. The van der Waals surface area contributed by atoms with Gasteiger partial charge in [-0.3, -0.25) is 4.90 Å². The molecule has 0 amide bonds. The van der Waals surface area contributed by atoms with Gasteiger partial charge < -0.3 is 4.90 Å². The summed E-state index contributed by atoms with van der Waals surface area (Å²) in [6.45, 7) is 3.94. The summed E-state index contributed by atoms with van der Waals surface area (Å²) in [6.07, 6.45) is 5.45. The average molecular weight is 284 g/mol. The summed E-state index contributed by atoms with van der Waals surface area (Å²) < 4.78 is 14.3. The molecular formula is C14H19ClFN3. The van der Waals surface area contributed by atoms with Crippen molar-refractivity contribution in [2.24, 2.45) is 0 Å². The Labute approximate surface area is 118 Å². The van der Waals surface area contributed by atoms with Gasteiger partial charge in [-0.2, -0.15) is 0 Å². The first-order valence-electron chi connectivity index (χ1n) is 6.98. The van der Waals surface area contributed by atoms with Crippen molar-refractivity contribution in [1.29, 1.82) is 0 Å². The number of rotatable bonds is 2. The Morgan fingerprint density at radius 1 is 1.32 bits per heavy atom. The number of hydrogen-bond donors (Lipinski definition) is 0. The normalized spacial score (nSPS) is 24.3. The van der Waals surface area contributed by atoms with Gasteiger partial charge in [-0.15, -0.1) is 11.6 Å². The molecular weight excluding hydrogens is 265 g/mol. The fourth-order valence-corrected chi connectivity index (χ4v) is 3.35. The Bertz CT molecular complexity index is 454. The lowest BCUT2D eigenvalue weighted by molar-refractivity contribution is 0.133. The predicted octanol–water partition coefficient (Wildman–Crippen LogP) is 2.63. The highest BCUT2D eigenvalue weighted by atomic mass is 35.5. The molecule has 2 aliphatic rings. The quantitative estimate of drug-likeness (QED) is 0.778. The highest BCUT2D eigenvalue weighted by Crippen LogP contribution is 2.26. The summed E-state index contributed by atoms with van der Waals surface area (Å²) in [4.78, 5) is 8.83. The van der Waals surface area contributed by atoms with E-state index in [4.69, 9.17) is 11.6 Å². The van der Waals surface area contributed by atoms with Crippen LogP contribution in [0.5, 0.6) is 0 Å². The van der Waals surface area contributed by atoms with Crippen molar-refractivity contribution < 1.29 is 4.39 Å². The molecule has 104 valence electrons. The van der Waals surface area contributed by atoms with Crippen LogP contribution in [0.4, 0.5) is 10.2 Å². The van der Waals surface area contributed by atoms with Crippen molar-refractivity contribution in [3.8, 4) is 0 Å². The molecule has 1 atom stereocenters. The third-order valence-electron chi connectivity index (χ3n) is 4.23. The number of anilines is 1. The van der Waals surface area contributed by atoms with E-state index in [-0.39, 0.29) is 11.7 Å².